The number of thioether (sulfide) groups is 1. The number of hydrogen-bond donors (Lipinski definition) is 1. The number of nitrogens with one attached hydrogen (secondary N) is 1. The van der Waals surface area contributed by atoms with Crippen molar-refractivity contribution in [2.75, 3.05) is 5.32 Å². The molecular formula is C21H16N4O2S3. The number of benzene rings is 2. The van der Waals surface area contributed by atoms with E-state index in [0.717, 1.165) is 36.1 Å². The van der Waals surface area contributed by atoms with E-state index in [4.69, 9.17) is 4.42 Å². The number of hydrogen-bond acceptors (Lipinski definition) is 8. The number of aromatic nitrogens is 3. The van der Waals surface area contributed by atoms with Gasteiger partial charge in [0, 0.05) is 16.7 Å². The summed E-state index contributed by atoms with van der Waals surface area (Å²) in [4.78, 5) is 17.7. The molecule has 0 atom stereocenters. The Morgan fingerprint density at radius 2 is 1.97 bits per heavy atom. The van der Waals surface area contributed by atoms with E-state index in [0.29, 0.717) is 22.2 Å². The first kappa shape index (κ1) is 19.2. The summed E-state index contributed by atoms with van der Waals surface area (Å²) in [7, 11) is 0. The Bertz CT molecular complexity index is 1390. The van der Waals surface area contributed by atoms with Crippen LogP contribution in [0, 0.1) is 13.8 Å². The first-order valence-corrected chi connectivity index (χ1v) is 11.8. The maximum Gasteiger partial charge on any atom is 0.293 e. The van der Waals surface area contributed by atoms with Crippen LogP contribution in [-0.2, 0) is 5.75 Å². The van der Waals surface area contributed by atoms with Gasteiger partial charge in [-0.25, -0.2) is 4.98 Å². The van der Waals surface area contributed by atoms with Crippen molar-refractivity contribution in [1.82, 2.24) is 15.2 Å². The van der Waals surface area contributed by atoms with Crippen LogP contribution in [0.25, 0.3) is 21.2 Å². The topological polar surface area (TPSA) is 80.9 Å². The van der Waals surface area contributed by atoms with Crippen LogP contribution in [0.5, 0.6) is 0 Å². The number of amides is 1. The van der Waals surface area contributed by atoms with E-state index in [-0.39, 0.29) is 5.91 Å². The Balaban J connectivity index is 1.47. The summed E-state index contributed by atoms with van der Waals surface area (Å²) < 4.78 is 7.85. The van der Waals surface area contributed by atoms with Crippen LogP contribution in [0.3, 0.4) is 0 Å². The number of fused-ring (bicyclic) bond motifs is 2. The molecule has 5 rings (SSSR count). The van der Waals surface area contributed by atoms with Crippen LogP contribution in [0.4, 0.5) is 5.13 Å². The zero-order valence-corrected chi connectivity index (χ0v) is 18.6. The smallest absolute Gasteiger partial charge is 0.293 e. The van der Waals surface area contributed by atoms with Gasteiger partial charge in [-0.3, -0.25) is 10.1 Å². The lowest BCUT2D eigenvalue weighted by atomic mass is 10.1. The van der Waals surface area contributed by atoms with E-state index in [2.05, 4.69) is 20.5 Å². The lowest BCUT2D eigenvalue weighted by Crippen LogP contribution is -2.12. The summed E-state index contributed by atoms with van der Waals surface area (Å²) in [5, 5.41) is 13.5. The molecule has 30 heavy (non-hydrogen) atoms. The van der Waals surface area contributed by atoms with Crippen molar-refractivity contribution in [3.63, 3.8) is 0 Å². The van der Waals surface area contributed by atoms with Crippen LogP contribution >= 0.6 is 34.4 Å². The zero-order valence-electron chi connectivity index (χ0n) is 16.1. The number of carbonyl (C=O) groups excluding carboxylic acids is 1. The van der Waals surface area contributed by atoms with Crippen molar-refractivity contribution < 1.29 is 9.21 Å². The Hall–Kier alpha value is -2.75. The minimum atomic E-state index is -0.299. The van der Waals surface area contributed by atoms with Gasteiger partial charge in [0.05, 0.1) is 10.2 Å². The highest BCUT2D eigenvalue weighted by Crippen LogP contribution is 2.34. The number of furan rings is 1. The number of carbonyl (C=O) groups is 1. The molecule has 9 heteroatoms. The van der Waals surface area contributed by atoms with Crippen LogP contribution in [-0.4, -0.2) is 21.1 Å². The molecule has 0 saturated carbocycles. The highest BCUT2D eigenvalue weighted by Gasteiger charge is 2.22. The van der Waals surface area contributed by atoms with E-state index < -0.39 is 0 Å². The normalized spacial score (nSPS) is 11.4. The number of nitrogens with zero attached hydrogens (tertiary/aromatic N) is 3. The average molecular weight is 453 g/mol. The number of thiazole rings is 1. The van der Waals surface area contributed by atoms with Crippen molar-refractivity contribution in [3.05, 3.63) is 64.4 Å². The number of aryl methyl sites for hydroxylation is 2. The summed E-state index contributed by atoms with van der Waals surface area (Å²) in [6.07, 6.45) is 0. The van der Waals surface area contributed by atoms with Crippen LogP contribution in [0.15, 0.2) is 51.2 Å². The molecule has 150 valence electrons. The minimum Gasteiger partial charge on any atom is -0.451 e. The average Bonchev–Trinajstić information content (AvgIpc) is 3.43. The molecule has 0 unspecified atom stereocenters. The predicted molar refractivity (Wildman–Crippen MR) is 123 cm³/mol. The third kappa shape index (κ3) is 3.60. The fourth-order valence-corrected chi connectivity index (χ4v) is 5.97. The molecule has 0 saturated heterocycles. The fourth-order valence-electron chi connectivity index (χ4n) is 3.19. The van der Waals surface area contributed by atoms with Gasteiger partial charge in [-0.15, -0.1) is 10.2 Å². The van der Waals surface area contributed by atoms with Gasteiger partial charge < -0.3 is 4.42 Å². The van der Waals surface area contributed by atoms with Crippen LogP contribution in [0.1, 0.15) is 26.7 Å². The highest BCUT2D eigenvalue weighted by atomic mass is 32.2. The van der Waals surface area contributed by atoms with Gasteiger partial charge in [-0.1, -0.05) is 64.8 Å². The van der Waals surface area contributed by atoms with E-state index in [1.54, 1.807) is 11.8 Å². The third-order valence-electron chi connectivity index (χ3n) is 4.59. The van der Waals surface area contributed by atoms with Crippen molar-refractivity contribution in [3.8, 4) is 0 Å². The van der Waals surface area contributed by atoms with Crippen molar-refractivity contribution in [2.45, 2.75) is 23.9 Å². The van der Waals surface area contributed by atoms with Crippen LogP contribution in [0.2, 0.25) is 0 Å². The molecule has 0 bridgehead atoms. The highest BCUT2D eigenvalue weighted by molar-refractivity contribution is 8.00. The Kier molecular flexibility index (Phi) is 5.01. The van der Waals surface area contributed by atoms with E-state index >= 15 is 0 Å². The number of anilines is 1. The Morgan fingerprint density at radius 3 is 2.77 bits per heavy atom. The second-order valence-corrected chi connectivity index (χ2v) is 10.1. The van der Waals surface area contributed by atoms with E-state index in [1.807, 2.05) is 56.3 Å². The molecule has 1 N–H and O–H groups in total. The molecule has 6 nitrogen and oxygen atoms in total. The van der Waals surface area contributed by atoms with E-state index in [9.17, 15) is 4.79 Å². The van der Waals surface area contributed by atoms with Crippen molar-refractivity contribution in [2.24, 2.45) is 0 Å². The third-order valence-corrected chi connectivity index (χ3v) is 7.53. The van der Waals surface area contributed by atoms with Crippen LogP contribution < -0.4 is 5.32 Å². The molecule has 3 aromatic heterocycles. The summed E-state index contributed by atoms with van der Waals surface area (Å²) in [6, 6.07) is 13.7. The quantitative estimate of drug-likeness (QED) is 0.327. The number of para-hydroxylation sites is 2. The summed E-state index contributed by atoms with van der Waals surface area (Å²) >= 11 is 4.54. The molecule has 0 spiro atoms. The van der Waals surface area contributed by atoms with Gasteiger partial charge >= 0.3 is 0 Å². The van der Waals surface area contributed by atoms with E-state index in [1.165, 1.54) is 22.7 Å². The summed E-state index contributed by atoms with van der Waals surface area (Å²) in [6.45, 7) is 3.94. The minimum absolute atomic E-state index is 0.299. The molecule has 0 aliphatic heterocycles. The zero-order chi connectivity index (χ0) is 20.7. The second-order valence-electron chi connectivity index (χ2n) is 6.68. The molecule has 3 heterocycles. The molecule has 5 aromatic rings. The molecular weight excluding hydrogens is 436 g/mol. The Morgan fingerprint density at radius 1 is 1.10 bits per heavy atom. The second kappa shape index (κ2) is 7.82. The molecule has 0 aliphatic carbocycles. The molecule has 2 aromatic carbocycles. The van der Waals surface area contributed by atoms with Gasteiger partial charge in [0.25, 0.3) is 5.91 Å². The predicted octanol–water partition coefficient (Wildman–Crippen LogP) is 6.06. The lowest BCUT2D eigenvalue weighted by Gasteiger charge is -2.02. The maximum absolute atomic E-state index is 13.1. The first-order chi connectivity index (χ1) is 14.6. The Labute approximate surface area is 184 Å². The molecule has 0 aliphatic rings. The monoisotopic (exact) mass is 452 g/mol. The largest absolute Gasteiger partial charge is 0.451 e. The maximum atomic E-state index is 13.1. The summed E-state index contributed by atoms with van der Waals surface area (Å²) in [5.74, 6) is 0.570. The van der Waals surface area contributed by atoms with Gasteiger partial charge in [0.2, 0.25) is 0 Å². The standard InChI is InChI=1S/C21H16N4O2S3/c1-11-6-5-9-16-17(11)22-20(30-16)23-19(26)18-14(10-28-21-25-24-12(2)29-21)13-7-3-4-8-15(13)27-18/h3-9H,10H2,1-2H3,(H,22,23,26). The van der Waals surface area contributed by atoms with Gasteiger partial charge in [0.15, 0.2) is 15.2 Å². The van der Waals surface area contributed by atoms with Crippen molar-refractivity contribution in [1.29, 1.82) is 0 Å². The van der Waals surface area contributed by atoms with Gasteiger partial charge in [-0.05, 0) is 31.5 Å². The molecule has 0 fully saturated rings. The van der Waals surface area contributed by atoms with Gasteiger partial charge in [0.1, 0.15) is 10.6 Å². The number of rotatable bonds is 5. The first-order valence-electron chi connectivity index (χ1n) is 9.19. The molecule has 0 radical (unpaired) electrons. The SMILES string of the molecule is Cc1nnc(SCc2c(C(=O)Nc3nc4c(C)cccc4s3)oc3ccccc23)s1. The molecule has 1 amide bonds. The summed E-state index contributed by atoms with van der Waals surface area (Å²) in [5.41, 5.74) is 3.52. The lowest BCUT2D eigenvalue weighted by molar-refractivity contribution is 0.0998. The fraction of sp³-hybridized carbons (Fsp3) is 0.143. The van der Waals surface area contributed by atoms with Gasteiger partial charge in [-0.2, -0.15) is 0 Å². The van der Waals surface area contributed by atoms with Crippen molar-refractivity contribution >= 4 is 66.7 Å².